The van der Waals surface area contributed by atoms with Crippen LogP contribution < -0.4 is 5.32 Å². The van der Waals surface area contributed by atoms with E-state index >= 15 is 0 Å². The third kappa shape index (κ3) is 3.78. The van der Waals surface area contributed by atoms with Crippen LogP contribution in [-0.2, 0) is 9.53 Å². The fraction of sp³-hybridized carbons (Fsp3) is 0.391. The van der Waals surface area contributed by atoms with E-state index in [2.05, 4.69) is 20.2 Å². The van der Waals surface area contributed by atoms with Crippen molar-refractivity contribution in [1.29, 1.82) is 0 Å². The van der Waals surface area contributed by atoms with Crippen LogP contribution in [0.25, 0.3) is 22.4 Å². The molecule has 2 N–H and O–H groups in total. The highest BCUT2D eigenvalue weighted by Gasteiger charge is 2.35. The predicted molar refractivity (Wildman–Crippen MR) is 114 cm³/mol. The number of amides is 1. The molecule has 6 nitrogen and oxygen atoms in total. The number of aromatic amines is 1. The predicted octanol–water partition coefficient (Wildman–Crippen LogP) is 3.81. The fourth-order valence-corrected chi connectivity index (χ4v) is 4.55. The van der Waals surface area contributed by atoms with E-state index in [-0.39, 0.29) is 11.9 Å². The molecule has 2 aromatic carbocycles. The molecule has 0 aliphatic carbocycles. The number of nitrogens with zero attached hydrogens (tertiary/aromatic N) is 2. The first kappa shape index (κ1) is 18.3. The molecule has 2 aliphatic heterocycles. The largest absolute Gasteiger partial charge is 0.381 e. The second-order valence-electron chi connectivity index (χ2n) is 7.91. The van der Waals surface area contributed by atoms with Gasteiger partial charge in [0.25, 0.3) is 0 Å². The molecule has 6 heteroatoms. The molecule has 1 unspecified atom stereocenters. The summed E-state index contributed by atoms with van der Waals surface area (Å²) in [7, 11) is 0. The molecule has 0 bridgehead atoms. The van der Waals surface area contributed by atoms with Gasteiger partial charge in [-0.15, -0.1) is 0 Å². The molecule has 2 fully saturated rings. The van der Waals surface area contributed by atoms with Crippen LogP contribution in [0.4, 0.5) is 5.69 Å². The lowest BCUT2D eigenvalue weighted by atomic mass is 10.1. The topological polar surface area (TPSA) is 70.2 Å². The van der Waals surface area contributed by atoms with Gasteiger partial charge in [-0.25, -0.2) is 4.98 Å². The van der Waals surface area contributed by atoms with Crippen LogP contribution in [-0.4, -0.2) is 52.6 Å². The number of H-pyrrole nitrogens is 1. The highest BCUT2D eigenvalue weighted by atomic mass is 16.5. The van der Waals surface area contributed by atoms with Gasteiger partial charge in [0, 0.05) is 30.5 Å². The molecule has 150 valence electrons. The molecule has 3 heterocycles. The first-order valence-corrected chi connectivity index (χ1v) is 10.5. The van der Waals surface area contributed by atoms with Gasteiger partial charge in [-0.05, 0) is 68.6 Å². The molecule has 0 spiro atoms. The smallest absolute Gasteiger partial charge is 0.241 e. The first-order valence-electron chi connectivity index (χ1n) is 10.5. The van der Waals surface area contributed by atoms with Gasteiger partial charge in [-0.1, -0.05) is 12.1 Å². The number of para-hydroxylation sites is 2. The molecule has 2 aliphatic rings. The van der Waals surface area contributed by atoms with Gasteiger partial charge in [0.15, 0.2) is 0 Å². The number of hydrogen-bond acceptors (Lipinski definition) is 4. The van der Waals surface area contributed by atoms with Crippen LogP contribution in [0, 0.1) is 0 Å². The summed E-state index contributed by atoms with van der Waals surface area (Å²) in [5.74, 6) is 0.941. The van der Waals surface area contributed by atoms with Crippen molar-refractivity contribution in [2.24, 2.45) is 0 Å². The van der Waals surface area contributed by atoms with Gasteiger partial charge >= 0.3 is 0 Å². The van der Waals surface area contributed by atoms with Crippen molar-refractivity contribution < 1.29 is 9.53 Å². The molecule has 1 atom stereocenters. The van der Waals surface area contributed by atoms with Gasteiger partial charge in [0.1, 0.15) is 5.82 Å². The van der Waals surface area contributed by atoms with E-state index in [0.717, 1.165) is 73.6 Å². The molecule has 29 heavy (non-hydrogen) atoms. The van der Waals surface area contributed by atoms with Crippen LogP contribution in [0.1, 0.15) is 25.7 Å². The molecule has 1 amide bonds. The number of imidazole rings is 1. The van der Waals surface area contributed by atoms with Crippen LogP contribution >= 0.6 is 0 Å². The van der Waals surface area contributed by atoms with E-state index in [1.165, 1.54) is 0 Å². The second kappa shape index (κ2) is 7.97. The zero-order valence-electron chi connectivity index (χ0n) is 16.4. The summed E-state index contributed by atoms with van der Waals surface area (Å²) >= 11 is 0. The number of anilines is 1. The lowest BCUT2D eigenvalue weighted by molar-refractivity contribution is -0.121. The summed E-state index contributed by atoms with van der Waals surface area (Å²) < 4.78 is 5.48. The van der Waals surface area contributed by atoms with Crippen molar-refractivity contribution in [2.45, 2.75) is 37.8 Å². The van der Waals surface area contributed by atoms with Crippen molar-refractivity contribution in [1.82, 2.24) is 14.9 Å². The minimum absolute atomic E-state index is 0.0341. The van der Waals surface area contributed by atoms with Crippen LogP contribution in [0.3, 0.4) is 0 Å². The Bertz CT molecular complexity index is 959. The number of likely N-dealkylation sites (tertiary alicyclic amines) is 1. The average molecular weight is 390 g/mol. The summed E-state index contributed by atoms with van der Waals surface area (Å²) in [4.78, 5) is 23.3. The Balaban J connectivity index is 1.27. The number of fused-ring (bicyclic) bond motifs is 1. The number of carbonyl (C=O) groups excluding carboxylic acids is 1. The lowest BCUT2D eigenvalue weighted by Crippen LogP contribution is -2.47. The number of nitrogens with one attached hydrogen (secondary N) is 2. The maximum Gasteiger partial charge on any atom is 0.241 e. The van der Waals surface area contributed by atoms with Crippen molar-refractivity contribution in [2.75, 3.05) is 25.1 Å². The molecular weight excluding hydrogens is 364 g/mol. The number of carbonyl (C=O) groups is 1. The van der Waals surface area contributed by atoms with Crippen molar-refractivity contribution in [3.8, 4) is 11.4 Å². The summed E-state index contributed by atoms with van der Waals surface area (Å²) in [6.07, 6.45) is 4.06. The van der Waals surface area contributed by atoms with E-state index in [1.807, 2.05) is 48.5 Å². The SMILES string of the molecule is O=C(Nc1ccc(-c2nc3ccccc3[nH]2)cc1)C1CCCN1C1CCOCC1. The van der Waals surface area contributed by atoms with Gasteiger partial charge in [0.2, 0.25) is 5.91 Å². The van der Waals surface area contributed by atoms with E-state index < -0.39 is 0 Å². The quantitative estimate of drug-likeness (QED) is 0.711. The summed E-state index contributed by atoms with van der Waals surface area (Å²) in [5.41, 5.74) is 3.81. The third-order valence-corrected chi connectivity index (χ3v) is 6.07. The Morgan fingerprint density at radius 3 is 2.66 bits per heavy atom. The zero-order chi connectivity index (χ0) is 19.6. The van der Waals surface area contributed by atoms with Crippen molar-refractivity contribution in [3.05, 3.63) is 48.5 Å². The Morgan fingerprint density at radius 1 is 1.07 bits per heavy atom. The highest BCUT2D eigenvalue weighted by molar-refractivity contribution is 5.95. The summed E-state index contributed by atoms with van der Waals surface area (Å²) in [5, 5.41) is 3.12. The van der Waals surface area contributed by atoms with E-state index in [9.17, 15) is 4.79 Å². The van der Waals surface area contributed by atoms with Crippen molar-refractivity contribution in [3.63, 3.8) is 0 Å². The first-order chi connectivity index (χ1) is 14.3. The maximum atomic E-state index is 12.9. The number of rotatable bonds is 4. The Labute approximate surface area is 170 Å². The van der Waals surface area contributed by atoms with Gasteiger partial charge in [0.05, 0.1) is 17.1 Å². The van der Waals surface area contributed by atoms with Gasteiger partial charge in [-0.3, -0.25) is 9.69 Å². The average Bonchev–Trinajstić information content (AvgIpc) is 3.42. The lowest BCUT2D eigenvalue weighted by Gasteiger charge is -2.34. The summed E-state index contributed by atoms with van der Waals surface area (Å²) in [6.45, 7) is 2.62. The monoisotopic (exact) mass is 390 g/mol. The molecule has 0 radical (unpaired) electrons. The number of aromatic nitrogens is 2. The second-order valence-corrected chi connectivity index (χ2v) is 7.91. The number of benzene rings is 2. The zero-order valence-corrected chi connectivity index (χ0v) is 16.4. The minimum atomic E-state index is -0.0341. The van der Waals surface area contributed by atoms with Gasteiger partial charge in [-0.2, -0.15) is 0 Å². The number of hydrogen-bond donors (Lipinski definition) is 2. The minimum Gasteiger partial charge on any atom is -0.381 e. The Morgan fingerprint density at radius 2 is 1.86 bits per heavy atom. The fourth-order valence-electron chi connectivity index (χ4n) is 4.55. The van der Waals surface area contributed by atoms with Gasteiger partial charge < -0.3 is 15.0 Å². The van der Waals surface area contributed by atoms with Crippen LogP contribution in [0.15, 0.2) is 48.5 Å². The van der Waals surface area contributed by atoms with E-state index in [4.69, 9.17) is 4.74 Å². The Kier molecular flexibility index (Phi) is 5.04. The molecule has 3 aromatic rings. The molecule has 0 saturated carbocycles. The Hall–Kier alpha value is -2.70. The van der Waals surface area contributed by atoms with E-state index in [0.29, 0.717) is 6.04 Å². The standard InChI is InChI=1S/C23H26N4O2/c28-23(21-6-3-13-27(21)18-11-14-29-15-12-18)24-17-9-7-16(8-10-17)22-25-19-4-1-2-5-20(19)26-22/h1-2,4-5,7-10,18,21H,3,6,11-15H2,(H,24,28)(H,25,26). The molecular formula is C23H26N4O2. The normalized spacial score (nSPS) is 20.9. The summed E-state index contributed by atoms with van der Waals surface area (Å²) in [6, 6.07) is 16.3. The molecule has 1 aromatic heterocycles. The maximum absolute atomic E-state index is 12.9. The highest BCUT2D eigenvalue weighted by Crippen LogP contribution is 2.27. The van der Waals surface area contributed by atoms with Crippen LogP contribution in [0.2, 0.25) is 0 Å². The molecule has 5 rings (SSSR count). The van der Waals surface area contributed by atoms with Crippen LogP contribution in [0.5, 0.6) is 0 Å². The van der Waals surface area contributed by atoms with E-state index in [1.54, 1.807) is 0 Å². The molecule has 2 saturated heterocycles. The third-order valence-electron chi connectivity index (χ3n) is 6.07. The number of ether oxygens (including phenoxy) is 1. The van der Waals surface area contributed by atoms with Crippen molar-refractivity contribution >= 4 is 22.6 Å².